The van der Waals surface area contributed by atoms with Crippen molar-refractivity contribution in [2.24, 2.45) is 0 Å². The molecule has 11 aromatic rings. The molecule has 0 bridgehead atoms. The summed E-state index contributed by atoms with van der Waals surface area (Å²) in [6.45, 7) is 0. The molecule has 0 atom stereocenters. The smallest absolute Gasteiger partial charge is 0.237 e. The van der Waals surface area contributed by atoms with Crippen molar-refractivity contribution < 1.29 is 4.40 Å². The van der Waals surface area contributed by atoms with Crippen LogP contribution in [0.4, 0.5) is 0 Å². The van der Waals surface area contributed by atoms with Gasteiger partial charge in [-0.25, -0.2) is 9.97 Å². The Balaban J connectivity index is 1.15. The molecule has 0 fully saturated rings. The van der Waals surface area contributed by atoms with Crippen molar-refractivity contribution in [1.82, 2.24) is 19.1 Å². The highest BCUT2D eigenvalue weighted by atomic mass is 15.1. The predicted molar refractivity (Wildman–Crippen MR) is 212 cm³/mol. The number of aromatic nitrogens is 5. The van der Waals surface area contributed by atoms with E-state index in [0.717, 1.165) is 56.1 Å². The van der Waals surface area contributed by atoms with E-state index >= 15 is 0 Å². The molecule has 0 aliphatic rings. The Morgan fingerprint density at radius 1 is 0.481 bits per heavy atom. The minimum absolute atomic E-state index is 0.860. The standard InChI is InChI=1S/C47H30N5/c1-3-14-32(15-4-1)47-42-21-11-12-26-50(42)30-39(49-47)33-23-25-45(48-29-33)52-40-20-10-9-19-36(40)37-27-38-44(28-43(37)52)51(34-16-5-2-6-17-34)41-24-22-31-13-7-8-18-35(31)46(38)41/h1-30H/q+1. The normalized spacial score (nSPS) is 11.8. The van der Waals surface area contributed by atoms with Crippen LogP contribution < -0.4 is 4.40 Å². The first-order valence-electron chi connectivity index (χ1n) is 17.6. The molecule has 0 unspecified atom stereocenters. The number of fused-ring (bicyclic) bond motifs is 9. The molecule has 242 valence electrons. The lowest BCUT2D eigenvalue weighted by molar-refractivity contribution is -0.511. The quantitative estimate of drug-likeness (QED) is 0.176. The van der Waals surface area contributed by atoms with E-state index in [1.54, 1.807) is 0 Å². The summed E-state index contributed by atoms with van der Waals surface area (Å²) in [4.78, 5) is 10.3. The van der Waals surface area contributed by atoms with Gasteiger partial charge in [0.05, 0.1) is 22.1 Å². The average molecular weight is 665 g/mol. The third kappa shape index (κ3) is 4.26. The molecule has 0 spiro atoms. The molecule has 0 N–H and O–H groups in total. The van der Waals surface area contributed by atoms with Crippen LogP contribution in [-0.2, 0) is 0 Å². The highest BCUT2D eigenvalue weighted by molar-refractivity contribution is 6.25. The molecule has 0 amide bonds. The number of benzene rings is 6. The lowest BCUT2D eigenvalue weighted by atomic mass is 10.0. The molecule has 0 radical (unpaired) electrons. The number of para-hydroxylation sites is 2. The Morgan fingerprint density at radius 2 is 1.23 bits per heavy atom. The van der Waals surface area contributed by atoms with Crippen molar-refractivity contribution in [3.63, 3.8) is 0 Å². The number of hydrogen-bond donors (Lipinski definition) is 0. The van der Waals surface area contributed by atoms with Crippen LogP contribution in [-0.4, -0.2) is 19.1 Å². The van der Waals surface area contributed by atoms with Crippen molar-refractivity contribution in [2.75, 3.05) is 0 Å². The summed E-state index contributed by atoms with van der Waals surface area (Å²) in [5.41, 5.74) is 10.6. The number of pyridine rings is 2. The topological polar surface area (TPSA) is 39.7 Å². The Morgan fingerprint density at radius 3 is 2.08 bits per heavy atom. The second kappa shape index (κ2) is 11.2. The number of hydrogen-bond acceptors (Lipinski definition) is 2. The Hall–Kier alpha value is -7.11. The van der Waals surface area contributed by atoms with Gasteiger partial charge in [0.2, 0.25) is 11.7 Å². The van der Waals surface area contributed by atoms with Gasteiger partial charge in [-0.3, -0.25) is 4.57 Å². The van der Waals surface area contributed by atoms with Gasteiger partial charge in [0.15, 0.2) is 6.20 Å². The second-order valence-corrected chi connectivity index (χ2v) is 13.3. The van der Waals surface area contributed by atoms with E-state index in [2.05, 4.69) is 178 Å². The maximum absolute atomic E-state index is 5.18. The SMILES string of the molecule is c1ccc(-c2nc(-c3ccc(-n4c5ccccc5c5cc6c7c8ccccc8ccc7n(-c7ccccc7)c6cc54)nc3)c[n+]3ccccc23)cc1. The predicted octanol–water partition coefficient (Wildman–Crippen LogP) is 10.9. The fraction of sp³-hybridized carbons (Fsp3) is 0. The molecule has 5 aromatic heterocycles. The summed E-state index contributed by atoms with van der Waals surface area (Å²) >= 11 is 0. The molecule has 52 heavy (non-hydrogen) atoms. The third-order valence-electron chi connectivity index (χ3n) is 10.4. The maximum Gasteiger partial charge on any atom is 0.237 e. The van der Waals surface area contributed by atoms with E-state index in [9.17, 15) is 0 Å². The Kier molecular flexibility index (Phi) is 6.18. The first-order valence-corrected chi connectivity index (χ1v) is 17.6. The van der Waals surface area contributed by atoms with E-state index in [0.29, 0.717) is 0 Å². The summed E-state index contributed by atoms with van der Waals surface area (Å²) in [5.74, 6) is 0.860. The summed E-state index contributed by atoms with van der Waals surface area (Å²) in [7, 11) is 0. The molecule has 0 saturated carbocycles. The largest absolute Gasteiger partial charge is 0.309 e. The van der Waals surface area contributed by atoms with Crippen molar-refractivity contribution >= 4 is 59.9 Å². The average Bonchev–Trinajstić information content (AvgIpc) is 3.72. The van der Waals surface area contributed by atoms with Crippen LogP contribution in [0.15, 0.2) is 182 Å². The molecule has 11 rings (SSSR count). The maximum atomic E-state index is 5.18. The molecule has 0 saturated heterocycles. The molecule has 5 heteroatoms. The summed E-state index contributed by atoms with van der Waals surface area (Å²) in [6.07, 6.45) is 6.11. The van der Waals surface area contributed by atoms with Gasteiger partial charge in [-0.2, -0.15) is 4.40 Å². The lowest BCUT2D eigenvalue weighted by Gasteiger charge is -2.10. The van der Waals surface area contributed by atoms with Crippen LogP contribution in [0.2, 0.25) is 0 Å². The zero-order valence-corrected chi connectivity index (χ0v) is 28.1. The molecule has 6 aromatic carbocycles. The molecule has 5 heterocycles. The van der Waals surface area contributed by atoms with Crippen LogP contribution in [0.25, 0.3) is 93.9 Å². The van der Waals surface area contributed by atoms with Gasteiger partial charge in [0.25, 0.3) is 0 Å². The van der Waals surface area contributed by atoms with Gasteiger partial charge >= 0.3 is 0 Å². The van der Waals surface area contributed by atoms with E-state index < -0.39 is 0 Å². The van der Waals surface area contributed by atoms with Crippen LogP contribution in [0.5, 0.6) is 0 Å². The molecule has 0 aliphatic carbocycles. The fourth-order valence-electron chi connectivity index (χ4n) is 8.08. The van der Waals surface area contributed by atoms with E-state index in [1.807, 2.05) is 18.3 Å². The van der Waals surface area contributed by atoms with E-state index in [-0.39, 0.29) is 0 Å². The van der Waals surface area contributed by atoms with Crippen LogP contribution >= 0.6 is 0 Å². The fourth-order valence-corrected chi connectivity index (χ4v) is 8.08. The Labute approximate surface area is 298 Å². The Bertz CT molecular complexity index is 3160. The van der Waals surface area contributed by atoms with Gasteiger partial charge < -0.3 is 4.57 Å². The molecule has 0 aliphatic heterocycles. The molecular formula is C47H30N5+. The first kappa shape index (κ1) is 28.7. The summed E-state index contributed by atoms with van der Waals surface area (Å²) in [6, 6.07) is 58.2. The number of nitrogens with zero attached hydrogens (tertiary/aromatic N) is 5. The van der Waals surface area contributed by atoms with Gasteiger partial charge in [-0.05, 0) is 65.4 Å². The van der Waals surface area contributed by atoms with Crippen molar-refractivity contribution in [1.29, 1.82) is 0 Å². The monoisotopic (exact) mass is 664 g/mol. The van der Waals surface area contributed by atoms with Crippen molar-refractivity contribution in [3.8, 4) is 34.0 Å². The van der Waals surface area contributed by atoms with Gasteiger partial charge in [-0.1, -0.05) is 97.1 Å². The second-order valence-electron chi connectivity index (χ2n) is 13.3. The third-order valence-corrected chi connectivity index (χ3v) is 10.4. The zero-order valence-electron chi connectivity index (χ0n) is 28.1. The number of rotatable bonds is 4. The van der Waals surface area contributed by atoms with Crippen LogP contribution in [0.1, 0.15) is 0 Å². The molecular weight excluding hydrogens is 635 g/mol. The van der Waals surface area contributed by atoms with Crippen molar-refractivity contribution in [2.45, 2.75) is 0 Å². The highest BCUT2D eigenvalue weighted by Crippen LogP contribution is 2.41. The van der Waals surface area contributed by atoms with E-state index in [4.69, 9.17) is 9.97 Å². The zero-order chi connectivity index (χ0) is 34.2. The summed E-state index contributed by atoms with van der Waals surface area (Å²) < 4.78 is 6.85. The molecule has 5 nitrogen and oxygen atoms in total. The first-order chi connectivity index (χ1) is 25.8. The minimum atomic E-state index is 0.860. The van der Waals surface area contributed by atoms with Crippen molar-refractivity contribution in [3.05, 3.63) is 182 Å². The highest BCUT2D eigenvalue weighted by Gasteiger charge is 2.21. The van der Waals surface area contributed by atoms with Crippen LogP contribution in [0.3, 0.4) is 0 Å². The van der Waals surface area contributed by atoms with Gasteiger partial charge in [-0.15, -0.1) is 0 Å². The van der Waals surface area contributed by atoms with E-state index in [1.165, 1.54) is 37.8 Å². The summed E-state index contributed by atoms with van der Waals surface area (Å²) in [5, 5.41) is 7.41. The van der Waals surface area contributed by atoms with Gasteiger partial charge in [0, 0.05) is 56.7 Å². The lowest BCUT2D eigenvalue weighted by Crippen LogP contribution is -2.22. The van der Waals surface area contributed by atoms with Crippen LogP contribution in [0, 0.1) is 0 Å². The van der Waals surface area contributed by atoms with Gasteiger partial charge in [0.1, 0.15) is 17.2 Å². The minimum Gasteiger partial charge on any atom is -0.309 e.